The van der Waals surface area contributed by atoms with Crippen LogP contribution >= 0.6 is 23.2 Å². The number of hydrogen-bond acceptors (Lipinski definition) is 5. The van der Waals surface area contributed by atoms with E-state index in [2.05, 4.69) is 9.97 Å². The first-order chi connectivity index (χ1) is 14.0. The van der Waals surface area contributed by atoms with E-state index in [1.165, 1.54) is 0 Å². The second kappa shape index (κ2) is 6.37. The number of ether oxygens (including phenoxy) is 1. The van der Waals surface area contributed by atoms with Crippen LogP contribution in [0.3, 0.4) is 0 Å². The third kappa shape index (κ3) is 2.62. The summed E-state index contributed by atoms with van der Waals surface area (Å²) in [6, 6.07) is 11.6. The number of rotatable bonds is 1. The first-order valence-corrected chi connectivity index (χ1v) is 9.25. The zero-order valence-corrected chi connectivity index (χ0v) is 15.9. The summed E-state index contributed by atoms with van der Waals surface area (Å²) in [5.41, 5.74) is -1.36. The van der Waals surface area contributed by atoms with Gasteiger partial charge in [-0.2, -0.15) is 0 Å². The minimum atomic E-state index is -0.967. The van der Waals surface area contributed by atoms with Crippen LogP contribution in [-0.4, -0.2) is 9.97 Å². The van der Waals surface area contributed by atoms with Crippen LogP contribution in [0.2, 0.25) is 10.0 Å². The Bertz CT molecular complexity index is 1460. The van der Waals surface area contributed by atoms with E-state index in [-0.39, 0.29) is 32.8 Å². The highest BCUT2D eigenvalue weighted by molar-refractivity contribution is 6.36. The van der Waals surface area contributed by atoms with E-state index in [0.717, 1.165) is 0 Å². The zero-order chi connectivity index (χ0) is 20.3. The van der Waals surface area contributed by atoms with E-state index in [1.807, 2.05) is 0 Å². The molecule has 144 valence electrons. The molecule has 1 unspecified atom stereocenters. The van der Waals surface area contributed by atoms with Crippen molar-refractivity contribution >= 4 is 34.2 Å². The summed E-state index contributed by atoms with van der Waals surface area (Å²) < 4.78 is 11.3. The van der Waals surface area contributed by atoms with Gasteiger partial charge in [-0.05, 0) is 24.3 Å². The number of H-pyrrole nitrogens is 2. The van der Waals surface area contributed by atoms with E-state index in [0.29, 0.717) is 16.5 Å². The van der Waals surface area contributed by atoms with Crippen LogP contribution in [0.4, 0.5) is 0 Å². The molecule has 2 N–H and O–H groups in total. The molecule has 0 spiro atoms. The lowest BCUT2D eigenvalue weighted by molar-refractivity contribution is 0.426. The predicted octanol–water partition coefficient (Wildman–Crippen LogP) is 3.76. The van der Waals surface area contributed by atoms with Gasteiger partial charge >= 0.3 is 11.3 Å². The van der Waals surface area contributed by atoms with Gasteiger partial charge in [0.05, 0.1) is 22.6 Å². The fraction of sp³-hybridized carbons (Fsp3) is 0.0500. The number of nitrogens with one attached hydrogen (secondary N) is 2. The Morgan fingerprint density at radius 3 is 2.31 bits per heavy atom. The van der Waals surface area contributed by atoms with Gasteiger partial charge in [-0.15, -0.1) is 0 Å². The van der Waals surface area contributed by atoms with Crippen LogP contribution in [0.25, 0.3) is 11.0 Å². The third-order valence-corrected chi connectivity index (χ3v) is 5.45. The molecular weight excluding hydrogens is 419 g/mol. The molecule has 1 aliphatic heterocycles. The van der Waals surface area contributed by atoms with Crippen LogP contribution < -0.4 is 21.6 Å². The van der Waals surface area contributed by atoms with E-state index >= 15 is 0 Å². The minimum absolute atomic E-state index is 0.0730. The molecule has 4 aromatic rings. The summed E-state index contributed by atoms with van der Waals surface area (Å²) in [4.78, 5) is 42.1. The standard InChI is InChI=1S/C20H10Cl2N2O5/c21-9-5-3-6-10(22)12(9)13-14-16(8-4-1-2-7-11(8)28-19(14)26)29-17-15(13)23-20(27)24-18(17)25/h1-7,13H,(H2,23,24,25,27). The fourth-order valence-corrected chi connectivity index (χ4v) is 4.23. The predicted molar refractivity (Wildman–Crippen MR) is 108 cm³/mol. The summed E-state index contributed by atoms with van der Waals surface area (Å²) >= 11 is 12.8. The van der Waals surface area contributed by atoms with Gasteiger partial charge in [-0.3, -0.25) is 9.78 Å². The Morgan fingerprint density at radius 2 is 1.55 bits per heavy atom. The van der Waals surface area contributed by atoms with Crippen molar-refractivity contribution in [1.82, 2.24) is 9.97 Å². The van der Waals surface area contributed by atoms with E-state index in [1.54, 1.807) is 42.5 Å². The van der Waals surface area contributed by atoms with Crippen LogP contribution in [-0.2, 0) is 0 Å². The molecule has 9 heteroatoms. The maximum atomic E-state index is 13.0. The van der Waals surface area contributed by atoms with Crippen molar-refractivity contribution in [1.29, 1.82) is 0 Å². The van der Waals surface area contributed by atoms with Crippen molar-refractivity contribution in [3.8, 4) is 11.5 Å². The third-order valence-electron chi connectivity index (χ3n) is 4.79. The molecule has 5 rings (SSSR count). The molecule has 7 nitrogen and oxygen atoms in total. The Hall–Kier alpha value is -3.29. The second-order valence-electron chi connectivity index (χ2n) is 6.45. The largest absolute Gasteiger partial charge is 0.448 e. The van der Waals surface area contributed by atoms with Crippen molar-refractivity contribution in [3.63, 3.8) is 0 Å². The summed E-state index contributed by atoms with van der Waals surface area (Å²) in [5.74, 6) is -0.956. The van der Waals surface area contributed by atoms with Crippen molar-refractivity contribution < 1.29 is 9.15 Å². The summed E-state index contributed by atoms with van der Waals surface area (Å²) in [7, 11) is 0. The van der Waals surface area contributed by atoms with E-state index < -0.39 is 22.8 Å². The number of halogens is 2. The van der Waals surface area contributed by atoms with E-state index in [9.17, 15) is 14.4 Å². The van der Waals surface area contributed by atoms with Gasteiger partial charge < -0.3 is 14.1 Å². The molecule has 0 amide bonds. The van der Waals surface area contributed by atoms with Gasteiger partial charge in [0, 0.05) is 15.6 Å². The molecule has 0 saturated heterocycles. The van der Waals surface area contributed by atoms with Gasteiger partial charge in [-0.25, -0.2) is 9.59 Å². The maximum absolute atomic E-state index is 13.0. The number of aromatic nitrogens is 2. The van der Waals surface area contributed by atoms with Gasteiger partial charge in [0.2, 0.25) is 5.75 Å². The van der Waals surface area contributed by atoms with Crippen molar-refractivity contribution in [3.05, 3.63) is 101 Å². The van der Waals surface area contributed by atoms with Gasteiger partial charge in [0.1, 0.15) is 11.3 Å². The molecule has 3 heterocycles. The first kappa shape index (κ1) is 17.8. The van der Waals surface area contributed by atoms with Crippen molar-refractivity contribution in [2.45, 2.75) is 5.92 Å². The molecule has 0 bridgehead atoms. The molecule has 1 atom stereocenters. The topological polar surface area (TPSA) is 105 Å². The fourth-order valence-electron chi connectivity index (χ4n) is 3.61. The monoisotopic (exact) mass is 428 g/mol. The van der Waals surface area contributed by atoms with Crippen LogP contribution in [0.5, 0.6) is 11.5 Å². The highest BCUT2D eigenvalue weighted by Crippen LogP contribution is 2.48. The Morgan fingerprint density at radius 1 is 0.828 bits per heavy atom. The normalized spacial score (nSPS) is 14.9. The lowest BCUT2D eigenvalue weighted by Gasteiger charge is -2.27. The maximum Gasteiger partial charge on any atom is 0.344 e. The highest BCUT2D eigenvalue weighted by atomic mass is 35.5. The number of para-hydroxylation sites is 1. The molecule has 2 aromatic heterocycles. The van der Waals surface area contributed by atoms with Gasteiger partial charge in [-0.1, -0.05) is 41.4 Å². The quantitative estimate of drug-likeness (QED) is 0.395. The average molecular weight is 429 g/mol. The molecule has 0 radical (unpaired) electrons. The molecule has 1 aliphatic rings. The lowest BCUT2D eigenvalue weighted by atomic mass is 9.86. The molecule has 0 aliphatic carbocycles. The molecule has 2 aromatic carbocycles. The van der Waals surface area contributed by atoms with Gasteiger partial charge in [0.15, 0.2) is 0 Å². The Balaban J connectivity index is 1.98. The Labute approximate surface area is 171 Å². The van der Waals surface area contributed by atoms with Crippen LogP contribution in [0.1, 0.15) is 22.7 Å². The summed E-state index contributed by atoms with van der Waals surface area (Å²) in [6.07, 6.45) is 0. The number of fused-ring (bicyclic) bond motifs is 4. The SMILES string of the molecule is O=c1[nH]c2c(c(=O)[nH]1)Oc1c(c(=O)oc3ccccc13)C2c1c(Cl)cccc1Cl. The Kier molecular flexibility index (Phi) is 3.90. The van der Waals surface area contributed by atoms with Crippen LogP contribution in [0, 0.1) is 0 Å². The second-order valence-corrected chi connectivity index (χ2v) is 7.26. The molecule has 0 fully saturated rings. The summed E-state index contributed by atoms with van der Waals surface area (Å²) in [6.45, 7) is 0. The molecule has 0 saturated carbocycles. The molecular formula is C20H10Cl2N2O5. The minimum Gasteiger partial charge on any atom is -0.448 e. The van der Waals surface area contributed by atoms with E-state index in [4.69, 9.17) is 32.4 Å². The highest BCUT2D eigenvalue weighted by Gasteiger charge is 2.38. The van der Waals surface area contributed by atoms with Gasteiger partial charge in [0.25, 0.3) is 5.56 Å². The van der Waals surface area contributed by atoms with Crippen LogP contribution in [0.15, 0.2) is 61.3 Å². The average Bonchev–Trinajstić information content (AvgIpc) is 2.68. The number of aromatic amines is 2. The van der Waals surface area contributed by atoms with Crippen molar-refractivity contribution in [2.75, 3.05) is 0 Å². The first-order valence-electron chi connectivity index (χ1n) is 8.49. The molecule has 29 heavy (non-hydrogen) atoms. The number of hydrogen-bond donors (Lipinski definition) is 2. The summed E-state index contributed by atoms with van der Waals surface area (Å²) in [5, 5.41) is 1.01. The number of benzene rings is 2. The lowest BCUT2D eigenvalue weighted by Crippen LogP contribution is -2.31. The zero-order valence-electron chi connectivity index (χ0n) is 14.4. The van der Waals surface area contributed by atoms with Crippen molar-refractivity contribution in [2.24, 2.45) is 0 Å². The smallest absolute Gasteiger partial charge is 0.344 e.